The van der Waals surface area contributed by atoms with Gasteiger partial charge in [-0.2, -0.15) is 0 Å². The van der Waals surface area contributed by atoms with Crippen LogP contribution in [0.15, 0.2) is 4.79 Å². The van der Waals surface area contributed by atoms with E-state index in [1.807, 2.05) is 0 Å². The van der Waals surface area contributed by atoms with Crippen molar-refractivity contribution in [2.24, 2.45) is 13.0 Å². The molecular weight excluding hydrogens is 202 g/mol. The third-order valence-electron chi connectivity index (χ3n) is 2.94. The summed E-state index contributed by atoms with van der Waals surface area (Å²) in [5.74, 6) is -3.33. The molecule has 0 radical (unpaired) electrons. The number of imidazole rings is 1. The fraction of sp³-hybridized carbons (Fsp3) is 0.500. The minimum absolute atomic E-state index is 0.0357. The highest BCUT2D eigenvalue weighted by molar-refractivity contribution is 5.07. The number of hydrogen-bond donors (Lipinski definition) is 0. The van der Waals surface area contributed by atoms with Gasteiger partial charge in [0.15, 0.2) is 0 Å². The Morgan fingerprint density at radius 2 is 2.00 bits per heavy atom. The lowest BCUT2D eigenvalue weighted by Crippen LogP contribution is -2.31. The topological polar surface area (TPSA) is 26.9 Å². The molecule has 1 aromatic heterocycles. The maximum atomic E-state index is 12.7. The molecule has 0 saturated heterocycles. The summed E-state index contributed by atoms with van der Waals surface area (Å²) in [7, 11) is 1.56. The summed E-state index contributed by atoms with van der Waals surface area (Å²) < 4.78 is 28.0. The van der Waals surface area contributed by atoms with Gasteiger partial charge in [0, 0.05) is 25.9 Å². The molecule has 1 saturated carbocycles. The highest BCUT2D eigenvalue weighted by atomic mass is 19.3. The molecule has 15 heavy (non-hydrogen) atoms. The molecule has 1 unspecified atom stereocenters. The van der Waals surface area contributed by atoms with E-state index in [0.717, 1.165) is 0 Å². The average Bonchev–Trinajstić information content (AvgIpc) is 2.73. The first-order valence-electron chi connectivity index (χ1n) is 4.66. The molecule has 1 aliphatic carbocycles. The fourth-order valence-electron chi connectivity index (χ4n) is 1.64. The van der Waals surface area contributed by atoms with Crippen LogP contribution < -0.4 is 16.4 Å². The van der Waals surface area contributed by atoms with Crippen LogP contribution in [0.3, 0.4) is 0 Å². The second-order valence-electron chi connectivity index (χ2n) is 4.01. The van der Waals surface area contributed by atoms with Crippen molar-refractivity contribution in [1.82, 2.24) is 9.13 Å². The predicted molar refractivity (Wildman–Crippen MR) is 53.0 cm³/mol. The molecule has 3 nitrogen and oxygen atoms in total. The molecule has 2 rings (SSSR count). The first-order chi connectivity index (χ1) is 6.84. The van der Waals surface area contributed by atoms with Gasteiger partial charge < -0.3 is 0 Å². The maximum Gasteiger partial charge on any atom is 0.328 e. The van der Waals surface area contributed by atoms with E-state index in [0.29, 0.717) is 10.7 Å². The molecule has 5 heteroatoms. The SMILES string of the molecule is C=c1c(=C)n(CC2CC2(F)F)c(=O)n1C. The van der Waals surface area contributed by atoms with Gasteiger partial charge >= 0.3 is 5.69 Å². The quantitative estimate of drug-likeness (QED) is 0.662. The zero-order valence-corrected chi connectivity index (χ0v) is 8.46. The van der Waals surface area contributed by atoms with E-state index < -0.39 is 11.8 Å². The van der Waals surface area contributed by atoms with Crippen LogP contribution in [0.4, 0.5) is 8.78 Å². The van der Waals surface area contributed by atoms with E-state index in [4.69, 9.17) is 0 Å². The molecule has 1 atom stereocenters. The minimum Gasteiger partial charge on any atom is -0.296 e. The van der Waals surface area contributed by atoms with Crippen molar-refractivity contribution < 1.29 is 8.78 Å². The Morgan fingerprint density at radius 1 is 1.47 bits per heavy atom. The van der Waals surface area contributed by atoms with Crippen LogP contribution in [0.25, 0.3) is 13.2 Å². The predicted octanol–water partition coefficient (Wildman–Crippen LogP) is -0.337. The van der Waals surface area contributed by atoms with Gasteiger partial charge in [-0.15, -0.1) is 0 Å². The normalized spacial score (nSPS) is 23.0. The third-order valence-corrected chi connectivity index (χ3v) is 2.94. The molecule has 1 aromatic rings. The molecule has 1 fully saturated rings. The highest BCUT2D eigenvalue weighted by Gasteiger charge is 2.56. The van der Waals surface area contributed by atoms with Gasteiger partial charge in [0.2, 0.25) is 0 Å². The molecule has 0 amide bonds. The molecule has 0 N–H and O–H groups in total. The van der Waals surface area contributed by atoms with Crippen molar-refractivity contribution in [2.45, 2.75) is 18.9 Å². The van der Waals surface area contributed by atoms with Gasteiger partial charge in [0.05, 0.1) is 10.7 Å². The second kappa shape index (κ2) is 2.81. The van der Waals surface area contributed by atoms with E-state index in [2.05, 4.69) is 13.2 Å². The Labute approximate surface area is 84.9 Å². The van der Waals surface area contributed by atoms with Crippen molar-refractivity contribution in [1.29, 1.82) is 0 Å². The monoisotopic (exact) mass is 214 g/mol. The van der Waals surface area contributed by atoms with Crippen molar-refractivity contribution in [3.8, 4) is 0 Å². The van der Waals surface area contributed by atoms with Crippen molar-refractivity contribution >= 4 is 13.2 Å². The second-order valence-corrected chi connectivity index (χ2v) is 4.01. The molecule has 82 valence electrons. The molecular formula is C10H12F2N2O. The van der Waals surface area contributed by atoms with E-state index >= 15 is 0 Å². The average molecular weight is 214 g/mol. The Hall–Kier alpha value is -1.39. The Morgan fingerprint density at radius 3 is 2.33 bits per heavy atom. The van der Waals surface area contributed by atoms with Crippen LogP contribution in [-0.2, 0) is 13.6 Å². The number of hydrogen-bond acceptors (Lipinski definition) is 1. The summed E-state index contributed by atoms with van der Waals surface area (Å²) >= 11 is 0. The minimum atomic E-state index is -2.61. The Balaban J connectivity index is 2.39. The van der Waals surface area contributed by atoms with Gasteiger partial charge in [-0.25, -0.2) is 13.6 Å². The van der Waals surface area contributed by atoms with Crippen LogP contribution >= 0.6 is 0 Å². The maximum absolute atomic E-state index is 12.7. The summed E-state index contributed by atoms with van der Waals surface area (Å²) in [5, 5.41) is 0.897. The van der Waals surface area contributed by atoms with E-state index in [-0.39, 0.29) is 18.7 Å². The molecule has 0 bridgehead atoms. The lowest BCUT2D eigenvalue weighted by atomic mass is 10.4. The summed E-state index contributed by atoms with van der Waals surface area (Å²) in [5.41, 5.74) is -0.326. The van der Waals surface area contributed by atoms with Crippen molar-refractivity contribution in [3.63, 3.8) is 0 Å². The first-order valence-corrected chi connectivity index (χ1v) is 4.66. The zero-order valence-electron chi connectivity index (χ0n) is 8.46. The lowest BCUT2D eigenvalue weighted by Gasteiger charge is -1.99. The number of halogens is 2. The molecule has 1 aliphatic rings. The van der Waals surface area contributed by atoms with Crippen LogP contribution in [0.2, 0.25) is 0 Å². The van der Waals surface area contributed by atoms with Crippen LogP contribution in [-0.4, -0.2) is 15.1 Å². The van der Waals surface area contributed by atoms with Gasteiger partial charge in [-0.05, 0) is 0 Å². The van der Waals surface area contributed by atoms with Crippen LogP contribution in [0.5, 0.6) is 0 Å². The Bertz CT molecular complexity index is 555. The summed E-state index contributed by atoms with van der Waals surface area (Å²) in [4.78, 5) is 11.6. The number of alkyl halides is 2. The number of nitrogens with zero attached hydrogens (tertiary/aromatic N) is 2. The summed E-state index contributed by atoms with van der Waals surface area (Å²) in [6.45, 7) is 7.36. The molecule has 0 aliphatic heterocycles. The van der Waals surface area contributed by atoms with E-state index in [9.17, 15) is 13.6 Å². The van der Waals surface area contributed by atoms with Crippen molar-refractivity contribution in [3.05, 3.63) is 21.2 Å². The third kappa shape index (κ3) is 1.42. The largest absolute Gasteiger partial charge is 0.328 e. The summed E-state index contributed by atoms with van der Waals surface area (Å²) in [6, 6.07) is 0. The highest BCUT2D eigenvalue weighted by Crippen LogP contribution is 2.49. The molecule has 0 spiro atoms. The number of rotatable bonds is 2. The van der Waals surface area contributed by atoms with Crippen LogP contribution in [0.1, 0.15) is 6.42 Å². The van der Waals surface area contributed by atoms with E-state index in [1.165, 1.54) is 9.13 Å². The summed E-state index contributed by atoms with van der Waals surface area (Å²) in [6.07, 6.45) is -0.139. The lowest BCUT2D eigenvalue weighted by molar-refractivity contribution is 0.0947. The van der Waals surface area contributed by atoms with Crippen LogP contribution in [0, 0.1) is 5.92 Å². The van der Waals surface area contributed by atoms with Gasteiger partial charge in [0.25, 0.3) is 5.92 Å². The smallest absolute Gasteiger partial charge is 0.296 e. The van der Waals surface area contributed by atoms with Gasteiger partial charge in [-0.3, -0.25) is 9.13 Å². The van der Waals surface area contributed by atoms with E-state index in [1.54, 1.807) is 7.05 Å². The zero-order chi connectivity index (χ0) is 11.4. The van der Waals surface area contributed by atoms with Gasteiger partial charge in [-0.1, -0.05) is 13.2 Å². The van der Waals surface area contributed by atoms with Gasteiger partial charge in [0.1, 0.15) is 0 Å². The molecule has 0 aromatic carbocycles. The van der Waals surface area contributed by atoms with Crippen molar-refractivity contribution in [2.75, 3.05) is 0 Å². The number of aromatic nitrogens is 2. The fourth-order valence-corrected chi connectivity index (χ4v) is 1.64. The first kappa shape index (κ1) is 10.1. The standard InChI is InChI=1S/C10H12F2N2O/c1-6-7(2)14(9(15)13(6)3)5-8-4-10(8,11)12/h8H,1-2,4-5H2,3H3. The molecule has 1 heterocycles. The Kier molecular flexibility index (Phi) is 1.90.